The predicted octanol–water partition coefficient (Wildman–Crippen LogP) is 0.778. The second-order valence-corrected chi connectivity index (χ2v) is 7.07. The number of nitrogens with zero attached hydrogens (tertiary/aromatic N) is 3. The van der Waals surface area contributed by atoms with Gasteiger partial charge in [0.25, 0.3) is 0 Å². The van der Waals surface area contributed by atoms with Crippen LogP contribution in [0.25, 0.3) is 0 Å². The molecule has 1 aliphatic heterocycles. The summed E-state index contributed by atoms with van der Waals surface area (Å²) in [6, 6.07) is 0. The lowest BCUT2D eigenvalue weighted by Gasteiger charge is -2.25. The highest BCUT2D eigenvalue weighted by molar-refractivity contribution is 5.80. The quantitative estimate of drug-likeness (QED) is 0.738. The van der Waals surface area contributed by atoms with Crippen LogP contribution in [0.3, 0.4) is 0 Å². The van der Waals surface area contributed by atoms with Crippen molar-refractivity contribution in [1.29, 1.82) is 0 Å². The largest absolute Gasteiger partial charge is 0.481 e. The molecule has 0 spiro atoms. The molecular formula is C17H26N4O4. The lowest BCUT2D eigenvalue weighted by atomic mass is 9.81. The highest BCUT2D eigenvalue weighted by Crippen LogP contribution is 2.29. The Balaban J connectivity index is 1.44. The third-order valence-electron chi connectivity index (χ3n) is 5.27. The van der Waals surface area contributed by atoms with Gasteiger partial charge in [-0.2, -0.15) is 5.10 Å². The first-order valence-electron chi connectivity index (χ1n) is 9.23. The maximum Gasteiger partial charge on any atom is 0.345 e. The summed E-state index contributed by atoms with van der Waals surface area (Å²) in [5, 5.41) is 16.4. The van der Waals surface area contributed by atoms with Crippen molar-refractivity contribution in [3.63, 3.8) is 0 Å². The molecule has 1 aliphatic carbocycles. The van der Waals surface area contributed by atoms with Crippen molar-refractivity contribution in [2.75, 3.05) is 6.54 Å². The van der Waals surface area contributed by atoms with Gasteiger partial charge in [-0.1, -0.05) is 6.42 Å². The standard InChI is InChI=1S/C17H26N4O4/c22-15(12-5-3-6-13(11-12)16(23)24)18-8-4-10-21-17(25)20-9-2-1-7-14(20)19-21/h12-13H,1-11H2,(H,18,22)(H,23,24). The fourth-order valence-electron chi connectivity index (χ4n) is 3.83. The maximum absolute atomic E-state index is 12.2. The highest BCUT2D eigenvalue weighted by atomic mass is 16.4. The van der Waals surface area contributed by atoms with Gasteiger partial charge in [0.1, 0.15) is 5.82 Å². The number of carboxylic acid groups (broad SMARTS) is 1. The average Bonchev–Trinajstić information content (AvgIpc) is 2.95. The maximum atomic E-state index is 12.2. The van der Waals surface area contributed by atoms with E-state index in [0.717, 1.165) is 44.5 Å². The molecule has 1 saturated carbocycles. The van der Waals surface area contributed by atoms with Gasteiger partial charge in [0.15, 0.2) is 0 Å². The van der Waals surface area contributed by atoms with E-state index in [4.69, 9.17) is 5.11 Å². The van der Waals surface area contributed by atoms with E-state index in [-0.39, 0.29) is 17.5 Å². The normalized spacial score (nSPS) is 23.0. The Morgan fingerprint density at radius 2 is 2.00 bits per heavy atom. The molecule has 8 nitrogen and oxygen atoms in total. The van der Waals surface area contributed by atoms with Crippen molar-refractivity contribution in [1.82, 2.24) is 19.7 Å². The average molecular weight is 350 g/mol. The Kier molecular flexibility index (Phi) is 5.55. The van der Waals surface area contributed by atoms with Crippen molar-refractivity contribution < 1.29 is 14.7 Å². The van der Waals surface area contributed by atoms with E-state index in [1.165, 1.54) is 4.68 Å². The fraction of sp³-hybridized carbons (Fsp3) is 0.765. The van der Waals surface area contributed by atoms with Crippen molar-refractivity contribution in [3.8, 4) is 0 Å². The molecule has 2 N–H and O–H groups in total. The number of rotatable bonds is 6. The first-order valence-corrected chi connectivity index (χ1v) is 9.23. The van der Waals surface area contributed by atoms with Crippen LogP contribution < -0.4 is 11.0 Å². The van der Waals surface area contributed by atoms with Gasteiger partial charge in [-0.15, -0.1) is 0 Å². The van der Waals surface area contributed by atoms with Crippen molar-refractivity contribution in [3.05, 3.63) is 16.3 Å². The molecule has 2 aliphatic rings. The molecule has 0 radical (unpaired) electrons. The molecule has 1 fully saturated rings. The molecule has 0 saturated heterocycles. The van der Waals surface area contributed by atoms with E-state index >= 15 is 0 Å². The Morgan fingerprint density at radius 3 is 2.76 bits per heavy atom. The lowest BCUT2D eigenvalue weighted by molar-refractivity contribution is -0.144. The number of aliphatic carboxylic acids is 1. The van der Waals surface area contributed by atoms with Gasteiger partial charge in [0.05, 0.1) is 5.92 Å². The Hall–Kier alpha value is -2.12. The number of aryl methyl sites for hydroxylation is 2. The molecule has 1 aromatic rings. The predicted molar refractivity (Wildman–Crippen MR) is 90.1 cm³/mol. The van der Waals surface area contributed by atoms with Crippen LogP contribution in [0.1, 0.15) is 50.8 Å². The molecule has 0 bridgehead atoms. The summed E-state index contributed by atoms with van der Waals surface area (Å²) < 4.78 is 3.24. The molecule has 25 heavy (non-hydrogen) atoms. The first-order chi connectivity index (χ1) is 12.1. The van der Waals surface area contributed by atoms with Gasteiger partial charge in [-0.25, -0.2) is 9.48 Å². The van der Waals surface area contributed by atoms with E-state index in [9.17, 15) is 14.4 Å². The van der Waals surface area contributed by atoms with E-state index in [0.29, 0.717) is 32.4 Å². The van der Waals surface area contributed by atoms with E-state index in [1.54, 1.807) is 4.57 Å². The molecule has 138 valence electrons. The van der Waals surface area contributed by atoms with Crippen LogP contribution in [0.5, 0.6) is 0 Å². The van der Waals surface area contributed by atoms with Gasteiger partial charge in [0, 0.05) is 32.0 Å². The van der Waals surface area contributed by atoms with E-state index < -0.39 is 11.9 Å². The van der Waals surface area contributed by atoms with Gasteiger partial charge >= 0.3 is 11.7 Å². The second kappa shape index (κ2) is 7.84. The third kappa shape index (κ3) is 4.11. The van der Waals surface area contributed by atoms with Gasteiger partial charge in [-0.05, 0) is 38.5 Å². The molecule has 2 atom stereocenters. The zero-order valence-electron chi connectivity index (χ0n) is 14.4. The van der Waals surface area contributed by atoms with Gasteiger partial charge in [-0.3, -0.25) is 14.2 Å². The number of fused-ring (bicyclic) bond motifs is 1. The molecule has 2 unspecified atom stereocenters. The molecule has 8 heteroatoms. The number of nitrogens with one attached hydrogen (secondary N) is 1. The lowest BCUT2D eigenvalue weighted by Crippen LogP contribution is -2.36. The van der Waals surface area contributed by atoms with Crippen LogP contribution in [0.15, 0.2) is 4.79 Å². The smallest absolute Gasteiger partial charge is 0.345 e. The van der Waals surface area contributed by atoms with E-state index in [1.807, 2.05) is 0 Å². The van der Waals surface area contributed by atoms with Crippen molar-refractivity contribution in [2.45, 2.75) is 64.5 Å². The summed E-state index contributed by atoms with van der Waals surface area (Å²) in [7, 11) is 0. The number of carboxylic acids is 1. The summed E-state index contributed by atoms with van der Waals surface area (Å²) in [5.41, 5.74) is -0.0578. The SMILES string of the molecule is O=C(O)C1CCCC(C(=O)NCCCn2nc3n(c2=O)CCCC3)C1. The molecular weight excluding hydrogens is 324 g/mol. The fourth-order valence-corrected chi connectivity index (χ4v) is 3.83. The van der Waals surface area contributed by atoms with E-state index in [2.05, 4.69) is 10.4 Å². The molecule has 3 rings (SSSR count). The topological polar surface area (TPSA) is 106 Å². The minimum atomic E-state index is -0.805. The summed E-state index contributed by atoms with van der Waals surface area (Å²) >= 11 is 0. The van der Waals surface area contributed by atoms with Crippen LogP contribution in [-0.4, -0.2) is 37.9 Å². The molecule has 1 amide bonds. The van der Waals surface area contributed by atoms with Gasteiger partial charge in [0.2, 0.25) is 5.91 Å². The summed E-state index contributed by atoms with van der Waals surface area (Å²) in [5.74, 6) is -0.623. The number of amides is 1. The first kappa shape index (κ1) is 17.7. The van der Waals surface area contributed by atoms with Crippen LogP contribution in [-0.2, 0) is 29.1 Å². The Bertz CT molecular complexity index is 693. The third-order valence-corrected chi connectivity index (χ3v) is 5.27. The number of carbonyl (C=O) groups excluding carboxylic acids is 1. The minimum absolute atomic E-state index is 0.0578. The molecule has 0 aromatic carbocycles. The van der Waals surface area contributed by atoms with Crippen molar-refractivity contribution >= 4 is 11.9 Å². The number of carbonyl (C=O) groups is 2. The second-order valence-electron chi connectivity index (χ2n) is 7.07. The summed E-state index contributed by atoms with van der Waals surface area (Å²) in [6.45, 7) is 1.71. The Morgan fingerprint density at radius 1 is 1.20 bits per heavy atom. The zero-order valence-corrected chi connectivity index (χ0v) is 14.4. The van der Waals surface area contributed by atoms with Crippen LogP contribution in [0.4, 0.5) is 0 Å². The summed E-state index contributed by atoms with van der Waals surface area (Å²) in [4.78, 5) is 35.5. The summed E-state index contributed by atoms with van der Waals surface area (Å²) in [6.07, 6.45) is 6.20. The number of hydrogen-bond donors (Lipinski definition) is 2. The highest BCUT2D eigenvalue weighted by Gasteiger charge is 2.30. The zero-order chi connectivity index (χ0) is 17.8. The Labute approximate surface area is 146 Å². The van der Waals surface area contributed by atoms with Crippen molar-refractivity contribution in [2.24, 2.45) is 11.8 Å². The monoisotopic (exact) mass is 350 g/mol. The van der Waals surface area contributed by atoms with Crippen LogP contribution >= 0.6 is 0 Å². The number of hydrogen-bond acceptors (Lipinski definition) is 4. The van der Waals surface area contributed by atoms with Gasteiger partial charge < -0.3 is 10.4 Å². The minimum Gasteiger partial charge on any atom is -0.481 e. The molecule has 2 heterocycles. The van der Waals surface area contributed by atoms with Crippen LogP contribution in [0.2, 0.25) is 0 Å². The van der Waals surface area contributed by atoms with Crippen LogP contribution in [0, 0.1) is 11.8 Å². The number of aromatic nitrogens is 3. The molecule has 1 aromatic heterocycles.